The number of fused-ring (bicyclic) bond motifs is 1. The minimum absolute atomic E-state index is 0.0383. The minimum Gasteiger partial charge on any atom is -0.394 e. The average molecular weight is 548 g/mol. The molecular formula is C32H41N3O5. The van der Waals surface area contributed by atoms with E-state index in [2.05, 4.69) is 31.4 Å². The van der Waals surface area contributed by atoms with Crippen LogP contribution in [0.25, 0.3) is 0 Å². The first-order chi connectivity index (χ1) is 18.9. The maximum absolute atomic E-state index is 14.4. The number of likely N-dealkylation sites (tertiary alicyclic amines) is 1. The van der Waals surface area contributed by atoms with Crippen molar-refractivity contribution in [3.05, 3.63) is 66.2 Å². The number of para-hydroxylation sites is 1. The molecule has 40 heavy (non-hydrogen) atoms. The third-order valence-electron chi connectivity index (χ3n) is 8.46. The number of aliphatic hydroxyl groups excluding tert-OH is 1. The van der Waals surface area contributed by atoms with Crippen molar-refractivity contribution in [2.45, 2.75) is 83.2 Å². The Kier molecular flexibility index (Phi) is 7.29. The van der Waals surface area contributed by atoms with Crippen LogP contribution in [0.15, 0.2) is 60.7 Å². The van der Waals surface area contributed by atoms with Crippen molar-refractivity contribution in [1.82, 2.24) is 10.2 Å². The number of anilines is 1. The Bertz CT molecular complexity index is 1260. The predicted octanol–water partition coefficient (Wildman–Crippen LogP) is 4.06. The van der Waals surface area contributed by atoms with Gasteiger partial charge in [0.05, 0.1) is 30.6 Å². The fraction of sp³-hybridized carbons (Fsp3) is 0.531. The zero-order chi connectivity index (χ0) is 28.9. The number of aliphatic hydroxyl groups is 1. The van der Waals surface area contributed by atoms with E-state index in [1.54, 1.807) is 12.1 Å². The van der Waals surface area contributed by atoms with Gasteiger partial charge in [0.15, 0.2) is 0 Å². The van der Waals surface area contributed by atoms with Gasteiger partial charge < -0.3 is 25.4 Å². The van der Waals surface area contributed by atoms with Crippen molar-refractivity contribution >= 4 is 23.4 Å². The summed E-state index contributed by atoms with van der Waals surface area (Å²) in [6.45, 7) is 9.96. The summed E-state index contributed by atoms with van der Waals surface area (Å²) >= 11 is 0. The molecule has 2 aromatic carbocycles. The van der Waals surface area contributed by atoms with E-state index >= 15 is 0 Å². The topological polar surface area (TPSA) is 108 Å². The second-order valence-corrected chi connectivity index (χ2v) is 13.4. The summed E-state index contributed by atoms with van der Waals surface area (Å²) in [5.74, 6) is -2.49. The van der Waals surface area contributed by atoms with Gasteiger partial charge in [0.2, 0.25) is 17.7 Å². The molecule has 3 aliphatic heterocycles. The van der Waals surface area contributed by atoms with E-state index in [0.29, 0.717) is 18.5 Å². The van der Waals surface area contributed by atoms with E-state index in [9.17, 15) is 19.5 Å². The molecule has 0 radical (unpaired) electrons. The normalized spacial score (nSPS) is 28.4. The van der Waals surface area contributed by atoms with Gasteiger partial charge in [-0.15, -0.1) is 0 Å². The molecule has 1 spiro atoms. The van der Waals surface area contributed by atoms with Crippen LogP contribution < -0.4 is 10.6 Å². The predicted molar refractivity (Wildman–Crippen MR) is 152 cm³/mol. The molecule has 3 aliphatic rings. The number of nitrogens with one attached hydrogen (secondary N) is 2. The second kappa shape index (κ2) is 10.3. The third-order valence-corrected chi connectivity index (χ3v) is 8.46. The largest absolute Gasteiger partial charge is 0.394 e. The molecule has 0 aromatic heterocycles. The van der Waals surface area contributed by atoms with Crippen LogP contribution in [0.3, 0.4) is 0 Å². The molecule has 0 aliphatic carbocycles. The molecule has 3 amide bonds. The highest BCUT2D eigenvalue weighted by Crippen LogP contribution is 2.59. The molecule has 6 atom stereocenters. The monoisotopic (exact) mass is 547 g/mol. The van der Waals surface area contributed by atoms with Crippen LogP contribution in [-0.2, 0) is 19.1 Å². The van der Waals surface area contributed by atoms with E-state index in [0.717, 1.165) is 12.0 Å². The van der Waals surface area contributed by atoms with Crippen LogP contribution in [-0.4, -0.2) is 57.6 Å². The zero-order valence-electron chi connectivity index (χ0n) is 24.0. The van der Waals surface area contributed by atoms with Gasteiger partial charge in [0.25, 0.3) is 0 Å². The molecule has 0 saturated carbocycles. The smallest absolute Gasteiger partial charge is 0.246 e. The number of hydrogen-bond acceptors (Lipinski definition) is 5. The number of hydrogen-bond donors (Lipinski definition) is 3. The molecule has 8 heteroatoms. The van der Waals surface area contributed by atoms with Gasteiger partial charge in [-0.3, -0.25) is 14.4 Å². The molecule has 3 heterocycles. The van der Waals surface area contributed by atoms with Crippen LogP contribution in [0.2, 0.25) is 0 Å². The van der Waals surface area contributed by atoms with Gasteiger partial charge in [-0.25, -0.2) is 0 Å². The number of nitrogens with zero attached hydrogens (tertiary/aromatic N) is 1. The Balaban J connectivity index is 1.54. The maximum atomic E-state index is 14.4. The van der Waals surface area contributed by atoms with Gasteiger partial charge in [-0.05, 0) is 56.2 Å². The molecule has 3 saturated heterocycles. The molecule has 214 valence electrons. The standard InChI is InChI=1S/C32H41N3O5/c1-30(2,3)19-31(4,5)34-28(38)26-32-17-16-23(40-32)24(27(37)33-21-14-10-7-11-15-21)25(32)29(39)35(26)22(18-36)20-12-8-6-9-13-20/h6-15,22-26,36H,16-19H2,1-5H3,(H,33,37)(H,34,38)/t22-,23+,24-,25+,26?,32?/m1/s1. The average Bonchev–Trinajstić information content (AvgIpc) is 3.52. The summed E-state index contributed by atoms with van der Waals surface area (Å²) in [6, 6.07) is 16.6. The van der Waals surface area contributed by atoms with Crippen molar-refractivity contribution in [3.8, 4) is 0 Å². The van der Waals surface area contributed by atoms with Gasteiger partial charge in [-0.1, -0.05) is 69.3 Å². The van der Waals surface area contributed by atoms with Gasteiger partial charge in [0.1, 0.15) is 11.6 Å². The first-order valence-corrected chi connectivity index (χ1v) is 14.2. The van der Waals surface area contributed by atoms with Gasteiger partial charge in [0, 0.05) is 11.2 Å². The van der Waals surface area contributed by atoms with Gasteiger partial charge in [-0.2, -0.15) is 0 Å². The van der Waals surface area contributed by atoms with Crippen molar-refractivity contribution in [2.24, 2.45) is 17.3 Å². The Hall–Kier alpha value is -3.23. The lowest BCUT2D eigenvalue weighted by molar-refractivity contribution is -0.146. The third kappa shape index (κ3) is 5.03. The Morgan fingerprint density at radius 2 is 1.65 bits per heavy atom. The van der Waals surface area contributed by atoms with Crippen molar-refractivity contribution in [2.75, 3.05) is 11.9 Å². The first-order valence-electron chi connectivity index (χ1n) is 14.2. The number of carbonyl (C=O) groups is 3. The SMILES string of the molecule is CC(C)(C)CC(C)(C)NC(=O)C1N([C@H](CO)c2ccccc2)C(=O)[C@@H]2[C@H](C(=O)Nc3ccccc3)[C@@H]3CCC12O3. The molecule has 2 bridgehead atoms. The second-order valence-electron chi connectivity index (χ2n) is 13.4. The van der Waals surface area contributed by atoms with Crippen molar-refractivity contribution in [1.29, 1.82) is 0 Å². The highest BCUT2D eigenvalue weighted by molar-refractivity contribution is 6.02. The van der Waals surface area contributed by atoms with Crippen LogP contribution in [0, 0.1) is 17.3 Å². The van der Waals surface area contributed by atoms with Crippen LogP contribution in [0.1, 0.15) is 65.5 Å². The number of benzene rings is 2. The number of amides is 3. The first kappa shape index (κ1) is 28.3. The summed E-state index contributed by atoms with van der Waals surface area (Å²) in [7, 11) is 0. The zero-order valence-corrected chi connectivity index (χ0v) is 24.0. The molecule has 2 unspecified atom stereocenters. The van der Waals surface area contributed by atoms with Crippen LogP contribution >= 0.6 is 0 Å². The summed E-state index contributed by atoms with van der Waals surface area (Å²) in [5.41, 5.74) is -0.377. The molecule has 3 N–H and O–H groups in total. The van der Waals surface area contributed by atoms with Gasteiger partial charge >= 0.3 is 0 Å². The highest BCUT2D eigenvalue weighted by Gasteiger charge is 2.75. The summed E-state index contributed by atoms with van der Waals surface area (Å²) in [4.78, 5) is 43.8. The van der Waals surface area contributed by atoms with Crippen LogP contribution in [0.4, 0.5) is 5.69 Å². The highest BCUT2D eigenvalue weighted by atomic mass is 16.5. The maximum Gasteiger partial charge on any atom is 0.246 e. The number of rotatable bonds is 8. The summed E-state index contributed by atoms with van der Waals surface area (Å²) in [6.07, 6.45) is 1.33. The van der Waals surface area contributed by atoms with E-state index in [1.807, 2.05) is 62.4 Å². The fourth-order valence-corrected chi connectivity index (χ4v) is 7.58. The number of carbonyl (C=O) groups excluding carboxylic acids is 3. The fourth-order valence-electron chi connectivity index (χ4n) is 7.58. The quantitative estimate of drug-likeness (QED) is 0.462. The lowest BCUT2D eigenvalue weighted by Gasteiger charge is -2.40. The van der Waals surface area contributed by atoms with E-state index < -0.39 is 41.2 Å². The minimum atomic E-state index is -1.15. The Morgan fingerprint density at radius 3 is 2.25 bits per heavy atom. The Morgan fingerprint density at radius 1 is 1.02 bits per heavy atom. The van der Waals surface area contributed by atoms with Crippen molar-refractivity contribution < 1.29 is 24.2 Å². The van der Waals surface area contributed by atoms with E-state index in [-0.39, 0.29) is 29.7 Å². The summed E-state index contributed by atoms with van der Waals surface area (Å²) < 4.78 is 6.57. The summed E-state index contributed by atoms with van der Waals surface area (Å²) in [5, 5.41) is 16.8. The molecule has 3 fully saturated rings. The molecular weight excluding hydrogens is 506 g/mol. The lowest BCUT2D eigenvalue weighted by atomic mass is 9.70. The lowest BCUT2D eigenvalue weighted by Crippen LogP contribution is -2.60. The van der Waals surface area contributed by atoms with Crippen LogP contribution in [0.5, 0.6) is 0 Å². The van der Waals surface area contributed by atoms with E-state index in [4.69, 9.17) is 4.74 Å². The molecule has 8 nitrogen and oxygen atoms in total. The van der Waals surface area contributed by atoms with E-state index in [1.165, 1.54) is 4.90 Å². The molecule has 5 rings (SSSR count). The number of ether oxygens (including phenoxy) is 1. The Labute approximate surface area is 236 Å². The van der Waals surface area contributed by atoms with Crippen molar-refractivity contribution in [3.63, 3.8) is 0 Å². The molecule has 2 aromatic rings.